The Hall–Kier alpha value is 6.89. The molecule has 3 nitrogen and oxygen atoms in total. The number of rotatable bonds is 21. The molecule has 0 aliphatic heterocycles. The van der Waals surface area contributed by atoms with Gasteiger partial charge in [0.25, 0.3) is 0 Å². The van der Waals surface area contributed by atoms with Gasteiger partial charge in [-0.05, 0) is 0 Å². The molecule has 0 aliphatic rings. The molecule has 0 saturated carbocycles. The molecule has 0 aromatic heterocycles. The van der Waals surface area contributed by atoms with Gasteiger partial charge in [-0.15, -0.1) is 37.8 Å². The monoisotopic (exact) mass is 1990 g/mol. The minimum Gasteiger partial charge on any atom is -0.429 e. The van der Waals surface area contributed by atoms with Gasteiger partial charge in [-0.25, -0.2) is 109 Å². The molecule has 15 heteroatoms. The van der Waals surface area contributed by atoms with Crippen molar-refractivity contribution in [1.29, 1.82) is 0 Å². The van der Waals surface area contributed by atoms with E-state index in [-0.39, 0.29) is 393 Å². The molecule has 0 aliphatic carbocycles. The van der Waals surface area contributed by atoms with E-state index in [1.165, 1.54) is 50.1 Å². The summed E-state index contributed by atoms with van der Waals surface area (Å²) < 4.78 is 14.8. The van der Waals surface area contributed by atoms with Crippen LogP contribution in [0.2, 0.25) is 0 Å². The minimum absolute atomic E-state index is 0. The van der Waals surface area contributed by atoms with Crippen molar-refractivity contribution in [1.82, 2.24) is 0 Å². The molecule has 6 aromatic rings. The predicted octanol–water partition coefficient (Wildman–Crippen LogP) is 18.0. The van der Waals surface area contributed by atoms with E-state index in [0.29, 0.717) is 0 Å². The van der Waals surface area contributed by atoms with Crippen molar-refractivity contribution in [2.45, 2.75) is 101 Å². The Morgan fingerprint density at radius 3 is 0.889 bits per heavy atom. The summed E-state index contributed by atoms with van der Waals surface area (Å²) in [4.78, 5) is 0. The van der Waals surface area contributed by atoms with Crippen molar-refractivity contribution in [3.05, 3.63) is 290 Å². The van der Waals surface area contributed by atoms with Gasteiger partial charge in [-0.1, -0.05) is 107 Å². The van der Waals surface area contributed by atoms with E-state index in [9.17, 15) is 0 Å². The van der Waals surface area contributed by atoms with E-state index < -0.39 is 0 Å². The molecule has 6 aromatic carbocycles. The third-order valence-electron chi connectivity index (χ3n) is 10.0. The largest absolute Gasteiger partial charge is 0.429 e. The van der Waals surface area contributed by atoms with Gasteiger partial charge in [0.1, 0.15) is 0 Å². The van der Waals surface area contributed by atoms with Crippen LogP contribution in [0.15, 0.2) is 146 Å². The second kappa shape index (κ2) is 83.0. The zero-order valence-electron chi connectivity index (χ0n) is 51.2. The van der Waals surface area contributed by atoms with Crippen molar-refractivity contribution >= 4 is 0 Å². The summed E-state index contributed by atoms with van der Waals surface area (Å²) in [6.45, 7) is 24.3. The Morgan fingerprint density at radius 2 is 0.531 bits per heavy atom. The van der Waals surface area contributed by atoms with Crippen molar-refractivity contribution in [2.75, 3.05) is 21.3 Å². The molecule has 12 radical (unpaired) electrons. The molecule has 0 spiro atoms. The minimum atomic E-state index is 0. The first-order chi connectivity index (χ1) is 33.7. The first kappa shape index (κ1) is 115. The van der Waals surface area contributed by atoms with E-state index in [1.54, 1.807) is 41.2 Å². The molecule has 414 valence electrons. The maximum absolute atomic E-state index is 4.97. The Labute approximate surface area is 801 Å². The van der Waals surface area contributed by atoms with Crippen molar-refractivity contribution in [3.8, 4) is 0 Å². The number of benzene rings is 6. The van der Waals surface area contributed by atoms with Crippen molar-refractivity contribution in [3.63, 3.8) is 0 Å². The van der Waals surface area contributed by atoms with Crippen LogP contribution in [-0.4, -0.2) is 21.3 Å². The van der Waals surface area contributed by atoms with Gasteiger partial charge in [-0.3, -0.25) is 22.3 Å². The number of hydrogen-bond donors (Lipinski definition) is 0. The number of ether oxygens (including phenoxy) is 3. The molecule has 6 rings (SSSR count). The van der Waals surface area contributed by atoms with Crippen molar-refractivity contribution in [2.24, 2.45) is 0 Å². The molecule has 0 N–H and O–H groups in total. The summed E-state index contributed by atoms with van der Waals surface area (Å²) in [5.74, 6) is 0. The third kappa shape index (κ3) is 60.3. The van der Waals surface area contributed by atoms with Crippen LogP contribution in [0.3, 0.4) is 0 Å². The summed E-state index contributed by atoms with van der Waals surface area (Å²) in [6, 6.07) is 50.3. The van der Waals surface area contributed by atoms with E-state index in [1.807, 2.05) is 42.5 Å². The SMILES string of the molecule is CC[CH-]c1ccc([CH-]OC)cc1.CC[CH-]c1cccc([CH-]OC)c1.CC[CH-]c1ccccc1[CH-]OC.C[CH-]c1ccc([CH-]CC)cc1.C[CH-]c1cccc([CH-]CC)c1.C[CH-]c1ccccc1[CH-]CC.[Y].[Y].[Y].[Y].[Y].[Y].[Y].[Y].[Y].[Y].[Y].[Y]. The molecule has 0 atom stereocenters. The van der Waals surface area contributed by atoms with Crippen molar-refractivity contribution < 1.29 is 407 Å². The number of methoxy groups -OCH3 is 3. The first-order valence-electron chi connectivity index (χ1n) is 24.8. The second-order valence-corrected chi connectivity index (χ2v) is 15.5. The molecule has 0 unspecified atom stereocenters. The standard InChI is InChI=1S/3C11H14O.3C11H14.12Y/c1-3-6-10-7-4-5-8-11(10)9-12-2;1-3-5-10-6-4-7-11(8-10)9-12-2;1-3-4-10-5-7-11(8-6-10)9-12-2;1-3-7-11-9-6-5-8-10(11)4-2;1-3-6-11-8-5-7-10(4-2)9-11;1-3-5-11-8-6-10(4-2)7-9-11;;;;;;;;;;;;/h3*4-9H,3H2,1-2H3;3*4-9H,3H2,1-2H3;;;;;;;;;;;;/q6*-2;;;;;;;;;;;;. The molecular weight excluding hydrogens is 1910 g/mol. The average Bonchev–Trinajstić information content (AvgIpc) is 3.38. The Bertz CT molecular complexity index is 2060. The van der Waals surface area contributed by atoms with Crippen LogP contribution in [0.4, 0.5) is 0 Å². The van der Waals surface area contributed by atoms with Gasteiger partial charge < -0.3 is 14.2 Å². The van der Waals surface area contributed by atoms with Crippen LogP contribution in [0.5, 0.6) is 0 Å². The molecule has 0 amide bonds. The van der Waals surface area contributed by atoms with Gasteiger partial charge in [0.2, 0.25) is 0 Å². The van der Waals surface area contributed by atoms with Crippen LogP contribution in [-0.2, 0) is 407 Å². The molecule has 81 heavy (non-hydrogen) atoms. The van der Waals surface area contributed by atoms with Gasteiger partial charge in [0.05, 0.1) is 0 Å². The van der Waals surface area contributed by atoms with Gasteiger partial charge in [0, 0.05) is 414 Å². The maximum atomic E-state index is 4.97. The topological polar surface area (TPSA) is 27.7 Å². The molecule has 0 heterocycles. The van der Waals surface area contributed by atoms with E-state index in [2.05, 4.69) is 223 Å². The van der Waals surface area contributed by atoms with Crippen LogP contribution >= 0.6 is 0 Å². The Kier molecular flexibility index (Phi) is 118. The molecular formula is C66H84O3Y12-12. The summed E-state index contributed by atoms with van der Waals surface area (Å²) in [6.07, 6.45) is 26.1. The molecule has 0 fully saturated rings. The fraction of sp³-hybridized carbons (Fsp3) is 0.273. The summed E-state index contributed by atoms with van der Waals surface area (Å²) in [5.41, 5.74) is 15.0. The first-order valence-corrected chi connectivity index (χ1v) is 24.8. The Balaban J connectivity index is -0.0000000685. The average molecular weight is 1990 g/mol. The predicted molar refractivity (Wildman–Crippen MR) is 299 cm³/mol. The Morgan fingerprint density at radius 1 is 0.247 bits per heavy atom. The summed E-state index contributed by atoms with van der Waals surface area (Å²) in [5, 5.41) is 0. The molecule has 0 saturated heterocycles. The van der Waals surface area contributed by atoms with E-state index in [4.69, 9.17) is 14.2 Å². The maximum Gasteiger partial charge on any atom is 0.0259 e. The number of hydrogen-bond acceptors (Lipinski definition) is 3. The van der Waals surface area contributed by atoms with Crippen LogP contribution in [0.25, 0.3) is 0 Å². The molecule has 0 bridgehead atoms. The fourth-order valence-corrected chi connectivity index (χ4v) is 6.71. The van der Waals surface area contributed by atoms with E-state index in [0.717, 1.165) is 55.2 Å². The second-order valence-electron chi connectivity index (χ2n) is 15.5. The fourth-order valence-electron chi connectivity index (χ4n) is 6.71. The van der Waals surface area contributed by atoms with Gasteiger partial charge >= 0.3 is 0 Å². The zero-order valence-corrected chi connectivity index (χ0v) is 85.2. The van der Waals surface area contributed by atoms with Crippen LogP contribution < -0.4 is 0 Å². The van der Waals surface area contributed by atoms with Crippen LogP contribution in [0, 0.1) is 77.6 Å². The summed E-state index contributed by atoms with van der Waals surface area (Å²) in [7, 11) is 4.99. The van der Waals surface area contributed by atoms with Crippen LogP contribution in [0.1, 0.15) is 168 Å². The van der Waals surface area contributed by atoms with Gasteiger partial charge in [-0.2, -0.15) is 115 Å². The smallest absolute Gasteiger partial charge is 0.0259 e. The zero-order chi connectivity index (χ0) is 50.7. The van der Waals surface area contributed by atoms with Gasteiger partial charge in [0.15, 0.2) is 0 Å². The third-order valence-corrected chi connectivity index (χ3v) is 10.0. The normalized spacial score (nSPS) is 8.00. The quantitative estimate of drug-likeness (QED) is 0.0672. The summed E-state index contributed by atoms with van der Waals surface area (Å²) >= 11 is 0. The van der Waals surface area contributed by atoms with E-state index >= 15 is 0 Å².